The van der Waals surface area contributed by atoms with E-state index in [1.165, 1.54) is 127 Å². The SMILES string of the molecule is CCCCCCCCCCc1ccc2c(c1)Cc1cc(CCCCCCCCCC)ccc1-2. The summed E-state index contributed by atoms with van der Waals surface area (Å²) >= 11 is 0. The van der Waals surface area contributed by atoms with E-state index in [4.69, 9.17) is 0 Å². The number of hydrogen-bond donors (Lipinski definition) is 0. The van der Waals surface area contributed by atoms with E-state index in [1.54, 1.807) is 22.3 Å². The first-order chi connectivity index (χ1) is 16.3. The molecule has 0 N–H and O–H groups in total. The zero-order valence-corrected chi connectivity index (χ0v) is 21.9. The highest BCUT2D eigenvalue weighted by atomic mass is 14.2. The van der Waals surface area contributed by atoms with Crippen LogP contribution in [-0.2, 0) is 19.3 Å². The average Bonchev–Trinajstić information content (AvgIpc) is 3.19. The normalized spacial score (nSPS) is 12.2. The Morgan fingerprint density at radius 2 is 0.818 bits per heavy atom. The number of aryl methyl sites for hydroxylation is 2. The summed E-state index contributed by atoms with van der Waals surface area (Å²) in [5.41, 5.74) is 9.20. The summed E-state index contributed by atoms with van der Waals surface area (Å²) < 4.78 is 0. The van der Waals surface area contributed by atoms with E-state index in [1.807, 2.05) is 0 Å². The summed E-state index contributed by atoms with van der Waals surface area (Å²) in [7, 11) is 0. The fourth-order valence-electron chi connectivity index (χ4n) is 5.55. The third-order valence-corrected chi connectivity index (χ3v) is 7.65. The predicted octanol–water partition coefficient (Wildman–Crippen LogP) is 10.6. The predicted molar refractivity (Wildman–Crippen MR) is 147 cm³/mol. The van der Waals surface area contributed by atoms with Gasteiger partial charge in [-0.3, -0.25) is 0 Å². The molecule has 0 amide bonds. The molecule has 0 heteroatoms. The molecule has 2 aromatic carbocycles. The maximum atomic E-state index is 2.51. The van der Waals surface area contributed by atoms with Crippen molar-refractivity contribution in [3.8, 4) is 11.1 Å². The Balaban J connectivity index is 1.37. The average molecular weight is 447 g/mol. The van der Waals surface area contributed by atoms with Crippen molar-refractivity contribution in [3.05, 3.63) is 58.7 Å². The van der Waals surface area contributed by atoms with Crippen LogP contribution >= 0.6 is 0 Å². The van der Waals surface area contributed by atoms with Crippen LogP contribution in [0.3, 0.4) is 0 Å². The Hall–Kier alpha value is -1.56. The van der Waals surface area contributed by atoms with Gasteiger partial charge in [0.15, 0.2) is 0 Å². The number of unbranched alkanes of at least 4 members (excludes halogenated alkanes) is 14. The van der Waals surface area contributed by atoms with E-state index in [9.17, 15) is 0 Å². The first-order valence-electron chi connectivity index (χ1n) is 14.6. The summed E-state index contributed by atoms with van der Waals surface area (Å²) in [5, 5.41) is 0. The fourth-order valence-corrected chi connectivity index (χ4v) is 5.55. The molecule has 0 saturated heterocycles. The number of hydrogen-bond acceptors (Lipinski definition) is 0. The number of benzene rings is 2. The summed E-state index contributed by atoms with van der Waals surface area (Å²) in [6.07, 6.45) is 26.1. The Kier molecular flexibility index (Phi) is 12.1. The molecule has 0 radical (unpaired) electrons. The van der Waals surface area contributed by atoms with Crippen molar-refractivity contribution in [2.45, 2.75) is 136 Å². The second-order valence-corrected chi connectivity index (χ2v) is 10.6. The van der Waals surface area contributed by atoms with Gasteiger partial charge in [-0.2, -0.15) is 0 Å². The molecule has 0 aromatic heterocycles. The molecule has 0 fully saturated rings. The molecule has 2 aromatic rings. The van der Waals surface area contributed by atoms with Crippen molar-refractivity contribution in [1.29, 1.82) is 0 Å². The van der Waals surface area contributed by atoms with Crippen LogP contribution in [0.4, 0.5) is 0 Å². The molecule has 0 spiro atoms. The van der Waals surface area contributed by atoms with Crippen LogP contribution in [0.15, 0.2) is 36.4 Å². The first kappa shape index (κ1) is 26.1. The molecule has 3 rings (SSSR count). The van der Waals surface area contributed by atoms with E-state index < -0.39 is 0 Å². The molecule has 0 atom stereocenters. The van der Waals surface area contributed by atoms with Gasteiger partial charge in [0.05, 0.1) is 0 Å². The quantitative estimate of drug-likeness (QED) is 0.170. The lowest BCUT2D eigenvalue weighted by molar-refractivity contribution is 0.575. The topological polar surface area (TPSA) is 0 Å². The van der Waals surface area contributed by atoms with E-state index in [0.717, 1.165) is 6.42 Å². The van der Waals surface area contributed by atoms with Crippen LogP contribution in [0.1, 0.15) is 139 Å². The van der Waals surface area contributed by atoms with Gasteiger partial charge in [-0.15, -0.1) is 0 Å². The lowest BCUT2D eigenvalue weighted by Crippen LogP contribution is -1.90. The maximum absolute atomic E-state index is 2.51. The third kappa shape index (κ3) is 8.95. The molecule has 0 saturated carbocycles. The first-order valence-corrected chi connectivity index (χ1v) is 14.6. The Labute approximate surface area is 205 Å². The van der Waals surface area contributed by atoms with Gasteiger partial charge in [-0.25, -0.2) is 0 Å². The molecule has 0 heterocycles. The van der Waals surface area contributed by atoms with Crippen LogP contribution in [0.5, 0.6) is 0 Å². The van der Waals surface area contributed by atoms with Crippen LogP contribution in [0.2, 0.25) is 0 Å². The van der Waals surface area contributed by atoms with Gasteiger partial charge in [-0.05, 0) is 65.5 Å². The lowest BCUT2D eigenvalue weighted by Gasteiger charge is -2.07. The van der Waals surface area contributed by atoms with Crippen molar-refractivity contribution in [2.24, 2.45) is 0 Å². The molecular weight excluding hydrogens is 396 g/mol. The van der Waals surface area contributed by atoms with Crippen LogP contribution in [0, 0.1) is 0 Å². The van der Waals surface area contributed by atoms with Crippen LogP contribution in [0.25, 0.3) is 11.1 Å². The minimum absolute atomic E-state index is 1.14. The van der Waals surface area contributed by atoms with Gasteiger partial charge in [0, 0.05) is 0 Å². The van der Waals surface area contributed by atoms with Crippen molar-refractivity contribution in [2.75, 3.05) is 0 Å². The molecule has 0 unspecified atom stereocenters. The summed E-state index contributed by atoms with van der Waals surface area (Å²) in [6, 6.07) is 14.6. The fraction of sp³-hybridized carbons (Fsp3) is 0.636. The standard InChI is InChI=1S/C33H50/c1-3-5-7-9-11-13-15-17-19-28-21-23-32-30(25-28)27-31-26-29(22-24-33(31)32)20-18-16-14-12-10-8-6-4-2/h21-26H,3-20,27H2,1-2H3. The Morgan fingerprint density at radius 1 is 0.455 bits per heavy atom. The van der Waals surface area contributed by atoms with Gasteiger partial charge in [0.2, 0.25) is 0 Å². The van der Waals surface area contributed by atoms with Gasteiger partial charge < -0.3 is 0 Å². The van der Waals surface area contributed by atoms with Crippen molar-refractivity contribution in [3.63, 3.8) is 0 Å². The van der Waals surface area contributed by atoms with E-state index in [0.29, 0.717) is 0 Å². The van der Waals surface area contributed by atoms with Gasteiger partial charge >= 0.3 is 0 Å². The summed E-state index contributed by atoms with van der Waals surface area (Å²) in [4.78, 5) is 0. The van der Waals surface area contributed by atoms with Crippen LogP contribution < -0.4 is 0 Å². The highest BCUT2D eigenvalue weighted by molar-refractivity contribution is 5.77. The van der Waals surface area contributed by atoms with Crippen molar-refractivity contribution in [1.82, 2.24) is 0 Å². The Bertz CT molecular complexity index is 732. The number of rotatable bonds is 18. The number of fused-ring (bicyclic) bond motifs is 3. The lowest BCUT2D eigenvalue weighted by atomic mass is 9.98. The Morgan fingerprint density at radius 3 is 1.21 bits per heavy atom. The molecular formula is C33H50. The van der Waals surface area contributed by atoms with Gasteiger partial charge in [-0.1, -0.05) is 140 Å². The minimum atomic E-state index is 1.14. The second kappa shape index (κ2) is 15.4. The second-order valence-electron chi connectivity index (χ2n) is 10.6. The zero-order valence-electron chi connectivity index (χ0n) is 21.9. The van der Waals surface area contributed by atoms with E-state index in [-0.39, 0.29) is 0 Å². The zero-order chi connectivity index (χ0) is 23.1. The molecule has 182 valence electrons. The summed E-state index contributed by atoms with van der Waals surface area (Å²) in [5.74, 6) is 0. The minimum Gasteiger partial charge on any atom is -0.0654 e. The highest BCUT2D eigenvalue weighted by Crippen LogP contribution is 2.38. The van der Waals surface area contributed by atoms with Crippen molar-refractivity contribution >= 4 is 0 Å². The third-order valence-electron chi connectivity index (χ3n) is 7.65. The monoisotopic (exact) mass is 446 g/mol. The van der Waals surface area contributed by atoms with E-state index >= 15 is 0 Å². The van der Waals surface area contributed by atoms with E-state index in [2.05, 4.69) is 50.2 Å². The molecule has 0 nitrogen and oxygen atoms in total. The highest BCUT2D eigenvalue weighted by Gasteiger charge is 2.18. The molecule has 33 heavy (non-hydrogen) atoms. The summed E-state index contributed by atoms with van der Waals surface area (Å²) in [6.45, 7) is 4.60. The van der Waals surface area contributed by atoms with Crippen molar-refractivity contribution < 1.29 is 0 Å². The molecule has 0 aliphatic heterocycles. The molecule has 1 aliphatic carbocycles. The smallest absolute Gasteiger partial charge is 0.00133 e. The van der Waals surface area contributed by atoms with Gasteiger partial charge in [0.25, 0.3) is 0 Å². The maximum Gasteiger partial charge on any atom is -0.00133 e. The largest absolute Gasteiger partial charge is 0.0654 e. The molecule has 0 bridgehead atoms. The van der Waals surface area contributed by atoms with Crippen LogP contribution in [-0.4, -0.2) is 0 Å². The molecule has 1 aliphatic rings. The van der Waals surface area contributed by atoms with Gasteiger partial charge in [0.1, 0.15) is 0 Å².